The predicted molar refractivity (Wildman–Crippen MR) is 59.5 cm³/mol. The van der Waals surface area contributed by atoms with Gasteiger partial charge in [-0.15, -0.1) is 0 Å². The first-order valence-corrected chi connectivity index (χ1v) is 5.19. The van der Waals surface area contributed by atoms with Gasteiger partial charge in [0.25, 0.3) is 0 Å². The fraction of sp³-hybridized carbons (Fsp3) is 0.308. The summed E-state index contributed by atoms with van der Waals surface area (Å²) in [5, 5.41) is 0. The largest absolute Gasteiger partial charge is 0.458 e. The second-order valence-electron chi connectivity index (χ2n) is 3.73. The van der Waals surface area contributed by atoms with Crippen LogP contribution in [0.4, 0.5) is 0 Å². The van der Waals surface area contributed by atoms with Gasteiger partial charge in [-0.1, -0.05) is 30.7 Å². The molecular weight excluding hydrogens is 188 g/mol. The summed E-state index contributed by atoms with van der Waals surface area (Å²) in [5.41, 5.74) is 4.11. The highest BCUT2D eigenvalue weighted by Crippen LogP contribution is 2.25. The lowest BCUT2D eigenvalue weighted by molar-refractivity contribution is -0.133. The highest BCUT2D eigenvalue weighted by atomic mass is 16.5. The van der Waals surface area contributed by atoms with Crippen LogP contribution in [-0.2, 0) is 16.0 Å². The topological polar surface area (TPSA) is 26.3 Å². The van der Waals surface area contributed by atoms with Gasteiger partial charge in [0, 0.05) is 0 Å². The molecule has 2 nitrogen and oxygen atoms in total. The Balaban J connectivity index is 2.50. The smallest absolute Gasteiger partial charge is 0.338 e. The molecule has 1 aromatic rings. The van der Waals surface area contributed by atoms with E-state index >= 15 is 0 Å². The maximum atomic E-state index is 11.5. The molecule has 0 amide bonds. The molecule has 1 aliphatic heterocycles. The van der Waals surface area contributed by atoms with Crippen molar-refractivity contribution in [3.05, 3.63) is 41.0 Å². The zero-order valence-corrected chi connectivity index (χ0v) is 9.04. The molecule has 2 rings (SSSR count). The lowest BCUT2D eigenvalue weighted by Crippen LogP contribution is -2.01. The van der Waals surface area contributed by atoms with Gasteiger partial charge in [-0.25, -0.2) is 4.79 Å². The van der Waals surface area contributed by atoms with Crippen LogP contribution in [-0.4, -0.2) is 12.6 Å². The normalized spacial score (nSPS) is 15.1. The van der Waals surface area contributed by atoms with Crippen molar-refractivity contribution >= 4 is 11.5 Å². The summed E-state index contributed by atoms with van der Waals surface area (Å²) in [6, 6.07) is 6.21. The molecule has 0 atom stereocenters. The Morgan fingerprint density at radius 1 is 1.40 bits per heavy atom. The van der Waals surface area contributed by atoms with E-state index in [1.54, 1.807) is 0 Å². The summed E-state index contributed by atoms with van der Waals surface area (Å²) in [5.74, 6) is -0.199. The Kier molecular flexibility index (Phi) is 2.58. The molecule has 0 saturated carbocycles. The highest BCUT2D eigenvalue weighted by Gasteiger charge is 2.20. The molecule has 15 heavy (non-hydrogen) atoms. The molecule has 0 radical (unpaired) electrons. The third kappa shape index (κ3) is 1.80. The first-order chi connectivity index (χ1) is 7.22. The van der Waals surface area contributed by atoms with Crippen molar-refractivity contribution in [3.63, 3.8) is 0 Å². The van der Waals surface area contributed by atoms with Crippen LogP contribution in [0.2, 0.25) is 0 Å². The zero-order chi connectivity index (χ0) is 10.8. The van der Waals surface area contributed by atoms with Gasteiger partial charge >= 0.3 is 5.97 Å². The first kappa shape index (κ1) is 9.97. The van der Waals surface area contributed by atoms with Crippen LogP contribution in [0.3, 0.4) is 0 Å². The van der Waals surface area contributed by atoms with Crippen molar-refractivity contribution in [3.8, 4) is 0 Å². The summed E-state index contributed by atoms with van der Waals surface area (Å²) in [6.07, 6.45) is 2.79. The molecule has 1 aliphatic rings. The predicted octanol–water partition coefficient (Wildman–Crippen LogP) is 2.50. The summed E-state index contributed by atoms with van der Waals surface area (Å²) in [7, 11) is 0. The molecule has 0 N–H and O–H groups in total. The SMILES string of the molecule is CCc1ccc(C)cc1C1=CCOC1=O. The summed E-state index contributed by atoms with van der Waals surface area (Å²) >= 11 is 0. The van der Waals surface area contributed by atoms with Crippen molar-refractivity contribution in [1.29, 1.82) is 0 Å². The summed E-state index contributed by atoms with van der Waals surface area (Å²) in [4.78, 5) is 11.5. The van der Waals surface area contributed by atoms with Gasteiger partial charge in [-0.2, -0.15) is 0 Å². The fourth-order valence-electron chi connectivity index (χ4n) is 1.83. The number of aryl methyl sites for hydroxylation is 2. The maximum Gasteiger partial charge on any atom is 0.338 e. The number of carbonyl (C=O) groups excluding carboxylic acids is 1. The third-order valence-corrected chi connectivity index (χ3v) is 2.66. The van der Waals surface area contributed by atoms with Crippen LogP contribution in [0.5, 0.6) is 0 Å². The van der Waals surface area contributed by atoms with Crippen LogP contribution in [0.25, 0.3) is 5.57 Å². The summed E-state index contributed by atoms with van der Waals surface area (Å²) in [6.45, 7) is 4.53. The highest BCUT2D eigenvalue weighted by molar-refractivity contribution is 6.18. The Morgan fingerprint density at radius 3 is 2.80 bits per heavy atom. The van der Waals surface area contributed by atoms with E-state index in [1.807, 2.05) is 13.0 Å². The number of benzene rings is 1. The first-order valence-electron chi connectivity index (χ1n) is 5.19. The summed E-state index contributed by atoms with van der Waals surface area (Å²) < 4.78 is 4.93. The monoisotopic (exact) mass is 202 g/mol. The van der Waals surface area contributed by atoms with Gasteiger partial charge in [-0.05, 0) is 30.5 Å². The number of cyclic esters (lactones) is 1. The number of ether oxygens (including phenoxy) is 1. The molecule has 0 fully saturated rings. The van der Waals surface area contributed by atoms with E-state index in [1.165, 1.54) is 11.1 Å². The van der Waals surface area contributed by atoms with E-state index in [9.17, 15) is 4.79 Å². The maximum absolute atomic E-state index is 11.5. The van der Waals surface area contributed by atoms with Gasteiger partial charge in [-0.3, -0.25) is 0 Å². The molecule has 0 spiro atoms. The second-order valence-corrected chi connectivity index (χ2v) is 3.73. The second kappa shape index (κ2) is 3.89. The Labute approximate surface area is 89.6 Å². The van der Waals surface area contributed by atoms with Gasteiger partial charge in [0.15, 0.2) is 0 Å². The lowest BCUT2D eigenvalue weighted by Gasteiger charge is -2.08. The van der Waals surface area contributed by atoms with E-state index in [0.717, 1.165) is 17.6 Å². The zero-order valence-electron chi connectivity index (χ0n) is 9.04. The molecule has 78 valence electrons. The minimum atomic E-state index is -0.199. The molecule has 0 unspecified atom stereocenters. The molecule has 1 heterocycles. The van der Waals surface area contributed by atoms with Crippen molar-refractivity contribution < 1.29 is 9.53 Å². The van der Waals surface area contributed by atoms with E-state index < -0.39 is 0 Å². The van der Waals surface area contributed by atoms with E-state index in [4.69, 9.17) is 4.74 Å². The van der Waals surface area contributed by atoms with Crippen LogP contribution in [0.15, 0.2) is 24.3 Å². The molecule has 1 aromatic carbocycles. The Bertz CT molecular complexity index is 430. The number of hydrogen-bond acceptors (Lipinski definition) is 2. The van der Waals surface area contributed by atoms with E-state index in [-0.39, 0.29) is 5.97 Å². The lowest BCUT2D eigenvalue weighted by atomic mass is 9.96. The minimum Gasteiger partial charge on any atom is -0.458 e. The number of esters is 1. The van der Waals surface area contributed by atoms with E-state index in [0.29, 0.717) is 6.61 Å². The number of carbonyl (C=O) groups is 1. The average molecular weight is 202 g/mol. The number of rotatable bonds is 2. The molecule has 0 bridgehead atoms. The van der Waals surface area contributed by atoms with Gasteiger partial charge in [0.05, 0.1) is 5.57 Å². The van der Waals surface area contributed by atoms with Crippen LogP contribution in [0.1, 0.15) is 23.6 Å². The van der Waals surface area contributed by atoms with Gasteiger partial charge < -0.3 is 4.74 Å². The van der Waals surface area contributed by atoms with Crippen molar-refractivity contribution in [2.75, 3.05) is 6.61 Å². The van der Waals surface area contributed by atoms with Crippen LogP contribution in [0, 0.1) is 6.92 Å². The van der Waals surface area contributed by atoms with Crippen molar-refractivity contribution in [2.45, 2.75) is 20.3 Å². The van der Waals surface area contributed by atoms with Crippen molar-refractivity contribution in [2.24, 2.45) is 0 Å². The Morgan fingerprint density at radius 2 is 2.20 bits per heavy atom. The third-order valence-electron chi connectivity index (χ3n) is 2.66. The van der Waals surface area contributed by atoms with Crippen LogP contribution >= 0.6 is 0 Å². The van der Waals surface area contributed by atoms with Crippen molar-refractivity contribution in [1.82, 2.24) is 0 Å². The molecule has 2 heteroatoms. The molecular formula is C13H14O2. The number of hydrogen-bond donors (Lipinski definition) is 0. The van der Waals surface area contributed by atoms with Gasteiger partial charge in [0.1, 0.15) is 6.61 Å². The minimum absolute atomic E-state index is 0.199. The fourth-order valence-corrected chi connectivity index (χ4v) is 1.83. The van der Waals surface area contributed by atoms with Crippen LogP contribution < -0.4 is 0 Å². The quantitative estimate of drug-likeness (QED) is 0.689. The standard InChI is InChI=1S/C13H14O2/c1-3-10-5-4-9(2)8-12(10)11-6-7-15-13(11)14/h4-6,8H,3,7H2,1-2H3. The Hall–Kier alpha value is -1.57. The molecule has 0 saturated heterocycles. The molecule has 0 aromatic heterocycles. The van der Waals surface area contributed by atoms with E-state index in [2.05, 4.69) is 25.1 Å². The van der Waals surface area contributed by atoms with Gasteiger partial charge in [0.2, 0.25) is 0 Å². The average Bonchev–Trinajstić information content (AvgIpc) is 2.64. The molecule has 0 aliphatic carbocycles.